The van der Waals surface area contributed by atoms with Gasteiger partial charge in [-0.2, -0.15) is 0 Å². The maximum atomic E-state index is 10.2. The summed E-state index contributed by atoms with van der Waals surface area (Å²) in [5.41, 5.74) is 0.653. The second kappa shape index (κ2) is 5.80. The third-order valence-electron chi connectivity index (χ3n) is 3.22. The van der Waals surface area contributed by atoms with E-state index in [9.17, 15) is 5.11 Å². The van der Waals surface area contributed by atoms with Crippen LogP contribution < -0.4 is 0 Å². The minimum absolute atomic E-state index is 0.465. The van der Waals surface area contributed by atoms with Crippen LogP contribution in [0.3, 0.4) is 0 Å². The highest BCUT2D eigenvalue weighted by Crippen LogP contribution is 2.22. The zero-order chi connectivity index (χ0) is 12.2. The van der Waals surface area contributed by atoms with Crippen molar-refractivity contribution in [3.63, 3.8) is 0 Å². The molecule has 0 saturated carbocycles. The molecule has 0 aliphatic heterocycles. The number of rotatable bonds is 5. The molecule has 0 aromatic heterocycles. The van der Waals surface area contributed by atoms with Gasteiger partial charge in [0.1, 0.15) is 0 Å². The minimum Gasteiger partial charge on any atom is -0.390 e. The van der Waals surface area contributed by atoms with Crippen LogP contribution in [-0.4, -0.2) is 23.9 Å². The van der Waals surface area contributed by atoms with E-state index in [1.54, 1.807) is 7.11 Å². The van der Waals surface area contributed by atoms with E-state index in [0.29, 0.717) is 6.42 Å². The van der Waals surface area contributed by atoms with Crippen molar-refractivity contribution in [3.05, 3.63) is 34.3 Å². The molecule has 0 aliphatic rings. The number of aliphatic hydroxyl groups excluding tert-OH is 1. The summed E-state index contributed by atoms with van der Waals surface area (Å²) in [6, 6.07) is 7.99. The fourth-order valence-corrected chi connectivity index (χ4v) is 1.84. The lowest BCUT2D eigenvalue weighted by atomic mass is 9.91. The topological polar surface area (TPSA) is 29.5 Å². The van der Waals surface area contributed by atoms with Crippen LogP contribution in [0.5, 0.6) is 0 Å². The van der Waals surface area contributed by atoms with E-state index in [1.807, 2.05) is 38.1 Å². The average Bonchev–Trinajstić information content (AvgIpc) is 2.31. The second-order valence-corrected chi connectivity index (χ2v) is 5.13. The molecule has 0 bridgehead atoms. The van der Waals surface area contributed by atoms with E-state index < -0.39 is 11.7 Å². The molecular weight excluding hydrogens is 268 g/mol. The molecule has 0 heterocycles. The van der Waals surface area contributed by atoms with Crippen molar-refractivity contribution in [2.24, 2.45) is 0 Å². The predicted octanol–water partition coefficient (Wildman–Crippen LogP) is 3.17. The first-order chi connectivity index (χ1) is 7.51. The molecule has 90 valence electrons. The van der Waals surface area contributed by atoms with Crippen LogP contribution in [0.15, 0.2) is 28.7 Å². The molecule has 0 saturated heterocycles. The molecule has 2 atom stereocenters. The zero-order valence-electron chi connectivity index (χ0n) is 10.0. The van der Waals surface area contributed by atoms with Crippen molar-refractivity contribution in [2.45, 2.75) is 38.4 Å². The fraction of sp³-hybridized carbons (Fsp3) is 0.538. The van der Waals surface area contributed by atoms with Gasteiger partial charge in [-0.25, -0.2) is 0 Å². The molecule has 0 aliphatic carbocycles. The number of benzene rings is 1. The van der Waals surface area contributed by atoms with Crippen molar-refractivity contribution in [1.82, 2.24) is 0 Å². The monoisotopic (exact) mass is 286 g/mol. The molecular formula is C13H19BrO2. The molecule has 2 nitrogen and oxygen atoms in total. The third-order valence-corrected chi connectivity index (χ3v) is 3.74. The molecule has 2 unspecified atom stereocenters. The Balaban J connectivity index is 2.70. The van der Waals surface area contributed by atoms with Gasteiger partial charge in [-0.3, -0.25) is 0 Å². The normalized spacial score (nSPS) is 16.8. The van der Waals surface area contributed by atoms with Crippen LogP contribution in [-0.2, 0) is 11.2 Å². The van der Waals surface area contributed by atoms with E-state index in [4.69, 9.17) is 4.74 Å². The summed E-state index contributed by atoms with van der Waals surface area (Å²) in [6.45, 7) is 3.96. The highest BCUT2D eigenvalue weighted by molar-refractivity contribution is 9.10. The number of aliphatic hydroxyl groups is 1. The summed E-state index contributed by atoms with van der Waals surface area (Å²) in [5.74, 6) is 0. The van der Waals surface area contributed by atoms with Gasteiger partial charge in [-0.1, -0.05) is 35.0 Å². The van der Waals surface area contributed by atoms with Crippen molar-refractivity contribution in [1.29, 1.82) is 0 Å². The van der Waals surface area contributed by atoms with Crippen LogP contribution in [0.2, 0.25) is 0 Å². The SMILES string of the molecule is CCC(C)(OC)C(O)Cc1ccc(Br)cc1. The summed E-state index contributed by atoms with van der Waals surface area (Å²) < 4.78 is 6.44. The van der Waals surface area contributed by atoms with Crippen molar-refractivity contribution in [3.8, 4) is 0 Å². The quantitative estimate of drug-likeness (QED) is 0.901. The molecule has 0 fully saturated rings. The van der Waals surface area contributed by atoms with Gasteiger partial charge in [0.2, 0.25) is 0 Å². The zero-order valence-corrected chi connectivity index (χ0v) is 11.6. The van der Waals surface area contributed by atoms with Crippen LogP contribution in [0.25, 0.3) is 0 Å². The van der Waals surface area contributed by atoms with Gasteiger partial charge in [0.25, 0.3) is 0 Å². The minimum atomic E-state index is -0.483. The van der Waals surface area contributed by atoms with Crippen LogP contribution in [0.4, 0.5) is 0 Å². The molecule has 1 aromatic carbocycles. The summed E-state index contributed by atoms with van der Waals surface area (Å²) in [4.78, 5) is 0. The van der Waals surface area contributed by atoms with Gasteiger partial charge in [-0.05, 0) is 31.0 Å². The van der Waals surface area contributed by atoms with Gasteiger partial charge in [0.05, 0.1) is 11.7 Å². The summed E-state index contributed by atoms with van der Waals surface area (Å²) in [5, 5.41) is 10.2. The van der Waals surface area contributed by atoms with Crippen molar-refractivity contribution in [2.75, 3.05) is 7.11 Å². The van der Waals surface area contributed by atoms with Crippen LogP contribution >= 0.6 is 15.9 Å². The standard InChI is InChI=1S/C13H19BrO2/c1-4-13(2,16-3)12(15)9-10-5-7-11(14)8-6-10/h5-8,12,15H,4,9H2,1-3H3. The molecule has 0 spiro atoms. The first-order valence-corrected chi connectivity index (χ1v) is 6.29. The Morgan fingerprint density at radius 3 is 2.38 bits per heavy atom. The van der Waals surface area contributed by atoms with E-state index >= 15 is 0 Å². The first kappa shape index (κ1) is 13.7. The number of ether oxygens (including phenoxy) is 1. The van der Waals surface area contributed by atoms with E-state index in [0.717, 1.165) is 16.5 Å². The molecule has 0 amide bonds. The molecule has 1 aromatic rings. The molecule has 0 radical (unpaired) electrons. The predicted molar refractivity (Wildman–Crippen MR) is 69.6 cm³/mol. The largest absolute Gasteiger partial charge is 0.390 e. The molecule has 16 heavy (non-hydrogen) atoms. The Morgan fingerprint density at radius 1 is 1.38 bits per heavy atom. The molecule has 3 heteroatoms. The van der Waals surface area contributed by atoms with Gasteiger partial charge >= 0.3 is 0 Å². The maximum Gasteiger partial charge on any atom is 0.0909 e. The van der Waals surface area contributed by atoms with E-state index in [-0.39, 0.29) is 0 Å². The number of hydrogen-bond donors (Lipinski definition) is 1. The number of methoxy groups -OCH3 is 1. The van der Waals surface area contributed by atoms with E-state index in [2.05, 4.69) is 15.9 Å². The highest BCUT2D eigenvalue weighted by Gasteiger charge is 2.30. The summed E-state index contributed by atoms with van der Waals surface area (Å²) >= 11 is 3.39. The van der Waals surface area contributed by atoms with Crippen LogP contribution in [0, 0.1) is 0 Å². The Bertz CT molecular complexity index is 317. The van der Waals surface area contributed by atoms with Gasteiger partial charge in [0, 0.05) is 18.0 Å². The average molecular weight is 287 g/mol. The number of halogens is 1. The third kappa shape index (κ3) is 3.30. The van der Waals surface area contributed by atoms with Gasteiger partial charge < -0.3 is 9.84 Å². The Hall–Kier alpha value is -0.380. The maximum absolute atomic E-state index is 10.2. The Labute approximate surface area is 106 Å². The lowest BCUT2D eigenvalue weighted by Gasteiger charge is -2.32. The lowest BCUT2D eigenvalue weighted by Crippen LogP contribution is -2.41. The van der Waals surface area contributed by atoms with Crippen LogP contribution in [0.1, 0.15) is 25.8 Å². The van der Waals surface area contributed by atoms with E-state index in [1.165, 1.54) is 0 Å². The fourth-order valence-electron chi connectivity index (χ4n) is 1.58. The summed E-state index contributed by atoms with van der Waals surface area (Å²) in [6.07, 6.45) is 0.927. The molecule has 1 rings (SSSR count). The highest BCUT2D eigenvalue weighted by atomic mass is 79.9. The number of hydrogen-bond acceptors (Lipinski definition) is 2. The second-order valence-electron chi connectivity index (χ2n) is 4.22. The Morgan fingerprint density at radius 2 is 1.94 bits per heavy atom. The van der Waals surface area contributed by atoms with Crippen molar-refractivity contribution < 1.29 is 9.84 Å². The first-order valence-electron chi connectivity index (χ1n) is 5.49. The molecule has 1 N–H and O–H groups in total. The summed E-state index contributed by atoms with van der Waals surface area (Å²) in [7, 11) is 1.65. The van der Waals surface area contributed by atoms with Gasteiger partial charge in [-0.15, -0.1) is 0 Å². The smallest absolute Gasteiger partial charge is 0.0909 e. The Kier molecular flexibility index (Phi) is 4.96. The lowest BCUT2D eigenvalue weighted by molar-refractivity contribution is -0.0914. The van der Waals surface area contributed by atoms with Gasteiger partial charge in [0.15, 0.2) is 0 Å². The van der Waals surface area contributed by atoms with Crippen molar-refractivity contribution >= 4 is 15.9 Å².